The molecule has 0 aliphatic carbocycles. The van der Waals surface area contributed by atoms with Gasteiger partial charge >= 0.3 is 6.18 Å². The maximum atomic E-state index is 12.7. The topological polar surface area (TPSA) is 68.0 Å². The number of alkyl halides is 3. The zero-order valence-electron chi connectivity index (χ0n) is 15.6. The smallest absolute Gasteiger partial charge is 0.340 e. The minimum atomic E-state index is -4.44. The Bertz CT molecular complexity index is 1280. The van der Waals surface area contributed by atoms with E-state index in [9.17, 15) is 13.2 Å². The molecule has 148 valence electrons. The van der Waals surface area contributed by atoms with Gasteiger partial charge in [0.25, 0.3) is 0 Å². The molecule has 30 heavy (non-hydrogen) atoms. The van der Waals surface area contributed by atoms with E-state index in [1.807, 2.05) is 6.92 Å². The van der Waals surface area contributed by atoms with E-state index in [0.29, 0.717) is 33.8 Å². The average Bonchev–Trinajstić information content (AvgIpc) is 2.73. The van der Waals surface area contributed by atoms with E-state index in [2.05, 4.69) is 30.1 Å². The van der Waals surface area contributed by atoms with Crippen molar-refractivity contribution in [3.63, 3.8) is 0 Å². The summed E-state index contributed by atoms with van der Waals surface area (Å²) in [6.07, 6.45) is -0.617. The van der Waals surface area contributed by atoms with Gasteiger partial charge in [0.05, 0.1) is 29.2 Å². The van der Waals surface area contributed by atoms with Crippen LogP contribution < -0.4 is 5.32 Å². The van der Waals surface area contributed by atoms with Crippen LogP contribution in [-0.2, 0) is 6.18 Å². The number of fused-ring (bicyclic) bond motifs is 1. The van der Waals surface area contributed by atoms with Gasteiger partial charge in [-0.05, 0) is 48.9 Å². The van der Waals surface area contributed by atoms with Crippen LogP contribution in [0.2, 0.25) is 0 Å². The zero-order chi connectivity index (χ0) is 21.3. The molecule has 0 aliphatic rings. The molecule has 4 aromatic heterocycles. The first kappa shape index (κ1) is 19.3. The molecule has 0 radical (unpaired) electrons. The first-order valence-electron chi connectivity index (χ1n) is 8.75. The van der Waals surface area contributed by atoms with Crippen molar-refractivity contribution < 1.29 is 13.2 Å². The molecule has 0 atom stereocenters. The second-order valence-electron chi connectivity index (χ2n) is 6.45. The van der Waals surface area contributed by atoms with Crippen LogP contribution >= 0.6 is 0 Å². The normalized spacial score (nSPS) is 11.3. The third-order valence-corrected chi connectivity index (χ3v) is 4.39. The van der Waals surface area contributed by atoms with Crippen LogP contribution in [-0.4, -0.2) is 19.9 Å². The van der Waals surface area contributed by atoms with Gasteiger partial charge in [-0.25, -0.2) is 19.8 Å². The molecule has 4 aromatic rings. The summed E-state index contributed by atoms with van der Waals surface area (Å²) in [4.78, 5) is 20.4. The summed E-state index contributed by atoms with van der Waals surface area (Å²) in [5.74, 6) is 0.270. The van der Waals surface area contributed by atoms with Crippen LogP contribution in [0.25, 0.3) is 27.3 Å². The van der Waals surface area contributed by atoms with Crippen molar-refractivity contribution in [3.05, 3.63) is 77.5 Å². The van der Waals surface area contributed by atoms with Gasteiger partial charge in [0.2, 0.25) is 5.69 Å². The lowest BCUT2D eigenvalue weighted by molar-refractivity contribution is -0.137. The molecule has 0 aromatic carbocycles. The number of aromatic nitrogens is 4. The van der Waals surface area contributed by atoms with E-state index in [-0.39, 0.29) is 5.82 Å². The predicted octanol–water partition coefficient (Wildman–Crippen LogP) is 5.71. The maximum absolute atomic E-state index is 12.7. The van der Waals surface area contributed by atoms with Crippen molar-refractivity contribution in [2.45, 2.75) is 13.1 Å². The number of hydrogen-bond acceptors (Lipinski definition) is 5. The van der Waals surface area contributed by atoms with E-state index in [1.54, 1.807) is 30.5 Å². The molecule has 0 spiro atoms. The van der Waals surface area contributed by atoms with Crippen molar-refractivity contribution in [2.24, 2.45) is 0 Å². The number of pyridine rings is 4. The van der Waals surface area contributed by atoms with Crippen LogP contribution in [0.15, 0.2) is 55.0 Å². The first-order valence-corrected chi connectivity index (χ1v) is 8.75. The molecule has 0 saturated carbocycles. The molecule has 4 rings (SSSR count). The molecule has 0 fully saturated rings. The number of hydrogen-bond donors (Lipinski definition) is 1. The van der Waals surface area contributed by atoms with E-state index in [4.69, 9.17) is 6.57 Å². The summed E-state index contributed by atoms with van der Waals surface area (Å²) in [6, 6.07) is 9.25. The number of aryl methyl sites for hydroxylation is 1. The molecular formula is C21H13F3N6. The van der Waals surface area contributed by atoms with Crippen LogP contribution in [0.3, 0.4) is 0 Å². The molecule has 0 amide bonds. The van der Waals surface area contributed by atoms with Crippen LogP contribution in [0.1, 0.15) is 11.1 Å². The highest BCUT2D eigenvalue weighted by atomic mass is 19.4. The Labute approximate surface area is 169 Å². The Kier molecular flexibility index (Phi) is 4.75. The van der Waals surface area contributed by atoms with Gasteiger partial charge in [0, 0.05) is 24.0 Å². The van der Waals surface area contributed by atoms with Crippen molar-refractivity contribution >= 4 is 28.2 Å². The van der Waals surface area contributed by atoms with E-state index >= 15 is 0 Å². The van der Waals surface area contributed by atoms with Crippen molar-refractivity contribution in [1.29, 1.82) is 0 Å². The fraction of sp³-hybridized carbons (Fsp3) is 0.0952. The third-order valence-electron chi connectivity index (χ3n) is 4.39. The Morgan fingerprint density at radius 2 is 1.83 bits per heavy atom. The second kappa shape index (κ2) is 7.40. The molecule has 4 heterocycles. The number of nitrogens with zero attached hydrogens (tertiary/aromatic N) is 5. The number of rotatable bonds is 3. The van der Waals surface area contributed by atoms with E-state index in [1.165, 1.54) is 12.3 Å². The summed E-state index contributed by atoms with van der Waals surface area (Å²) >= 11 is 0. The summed E-state index contributed by atoms with van der Waals surface area (Å²) in [5, 5.41) is 3.68. The SMILES string of the molecule is [C-]#[N+]c1cnc(-c2ccc3c(Nc4ccc(C(F)(F)F)cn4)ccnc3n2)c(C)c1. The quantitative estimate of drug-likeness (QED) is 0.442. The van der Waals surface area contributed by atoms with Gasteiger partial charge < -0.3 is 5.32 Å². The largest absolute Gasteiger partial charge is 0.417 e. The summed E-state index contributed by atoms with van der Waals surface area (Å²) in [7, 11) is 0. The molecule has 9 heteroatoms. The summed E-state index contributed by atoms with van der Waals surface area (Å²) in [5.41, 5.74) is 2.76. The van der Waals surface area contributed by atoms with Crippen molar-refractivity contribution in [2.75, 3.05) is 5.32 Å². The van der Waals surface area contributed by atoms with Gasteiger partial charge in [0.1, 0.15) is 5.82 Å². The van der Waals surface area contributed by atoms with Crippen LogP contribution in [0.5, 0.6) is 0 Å². The highest BCUT2D eigenvalue weighted by Gasteiger charge is 2.30. The monoisotopic (exact) mass is 406 g/mol. The minimum Gasteiger partial charge on any atom is -0.340 e. The Morgan fingerprint density at radius 3 is 2.50 bits per heavy atom. The van der Waals surface area contributed by atoms with Crippen molar-refractivity contribution in [3.8, 4) is 11.4 Å². The lowest BCUT2D eigenvalue weighted by Crippen LogP contribution is -2.06. The molecule has 0 aliphatic heterocycles. The Morgan fingerprint density at radius 1 is 1.00 bits per heavy atom. The van der Waals surface area contributed by atoms with Gasteiger partial charge in [-0.1, -0.05) is 0 Å². The fourth-order valence-corrected chi connectivity index (χ4v) is 2.93. The standard InChI is InChI=1S/C21H13F3N6/c1-12-9-14(25-2)11-28-19(12)17-5-4-15-16(7-8-26-20(15)30-17)29-18-6-3-13(10-27-18)21(22,23)24/h3-11H,1H3,(H,26,27,29,30). The van der Waals surface area contributed by atoms with Crippen molar-refractivity contribution in [1.82, 2.24) is 19.9 Å². The van der Waals surface area contributed by atoms with Crippen LogP contribution in [0.4, 0.5) is 30.4 Å². The molecule has 1 N–H and O–H groups in total. The molecule has 0 bridgehead atoms. The Hall–Kier alpha value is -4.06. The lowest BCUT2D eigenvalue weighted by atomic mass is 10.1. The number of nitrogens with one attached hydrogen (secondary N) is 1. The van der Waals surface area contributed by atoms with E-state index in [0.717, 1.165) is 17.8 Å². The van der Waals surface area contributed by atoms with Gasteiger partial charge in [-0.15, -0.1) is 0 Å². The van der Waals surface area contributed by atoms with Gasteiger partial charge in [0.15, 0.2) is 5.65 Å². The Balaban J connectivity index is 1.67. The fourth-order valence-electron chi connectivity index (χ4n) is 2.93. The second-order valence-corrected chi connectivity index (χ2v) is 6.45. The highest BCUT2D eigenvalue weighted by Crippen LogP contribution is 2.31. The lowest BCUT2D eigenvalue weighted by Gasteiger charge is -2.11. The maximum Gasteiger partial charge on any atom is 0.417 e. The summed E-state index contributed by atoms with van der Waals surface area (Å²) in [6.45, 7) is 8.92. The average molecular weight is 406 g/mol. The third kappa shape index (κ3) is 3.75. The molecule has 0 saturated heterocycles. The first-order chi connectivity index (χ1) is 14.3. The number of anilines is 2. The van der Waals surface area contributed by atoms with Crippen LogP contribution in [0, 0.1) is 13.5 Å². The molecule has 0 unspecified atom stereocenters. The number of halogens is 3. The molecular weight excluding hydrogens is 393 g/mol. The minimum absolute atomic E-state index is 0.270. The zero-order valence-corrected chi connectivity index (χ0v) is 15.6. The summed E-state index contributed by atoms with van der Waals surface area (Å²) < 4.78 is 38.1. The predicted molar refractivity (Wildman–Crippen MR) is 106 cm³/mol. The van der Waals surface area contributed by atoms with Gasteiger partial charge in [-0.3, -0.25) is 4.98 Å². The van der Waals surface area contributed by atoms with Gasteiger partial charge in [-0.2, -0.15) is 13.2 Å². The molecule has 6 nitrogen and oxygen atoms in total. The highest BCUT2D eigenvalue weighted by molar-refractivity contribution is 5.91. The van der Waals surface area contributed by atoms with E-state index < -0.39 is 11.7 Å².